The summed E-state index contributed by atoms with van der Waals surface area (Å²) in [6.07, 6.45) is 1.98. The molecule has 4 heteroatoms. The summed E-state index contributed by atoms with van der Waals surface area (Å²) in [6, 6.07) is 7.25. The molecular formula is C15H14O4. The Bertz CT molecular complexity index is 594. The van der Waals surface area contributed by atoms with Gasteiger partial charge in [-0.15, -0.1) is 0 Å². The summed E-state index contributed by atoms with van der Waals surface area (Å²) in [7, 11) is 0. The molecule has 0 saturated heterocycles. The Hall–Kier alpha value is -1.84. The van der Waals surface area contributed by atoms with E-state index in [2.05, 4.69) is 0 Å². The molecule has 2 aliphatic carbocycles. The third-order valence-corrected chi connectivity index (χ3v) is 4.92. The molecule has 0 aromatic heterocycles. The first-order valence-electron chi connectivity index (χ1n) is 6.66. The van der Waals surface area contributed by atoms with Crippen LogP contribution in [0.3, 0.4) is 0 Å². The van der Waals surface area contributed by atoms with Crippen LogP contribution in [0.4, 0.5) is 0 Å². The van der Waals surface area contributed by atoms with Crippen molar-refractivity contribution in [3.05, 3.63) is 29.8 Å². The molecule has 19 heavy (non-hydrogen) atoms. The molecule has 1 aliphatic heterocycles. The number of para-hydroxylation sites is 1. The molecule has 2 saturated carbocycles. The standard InChI is InChI=1S/C15H14O4/c16-10-7-15(19-11-4-2-1-3-8(10)11)6-5-9-12(13(9)15)14(17)18/h1-4,9,12-13H,5-7H2,(H,17,18)/t9-,12-,13-,15-/m1/s1. The molecule has 1 aromatic carbocycles. The number of aliphatic carboxylic acids is 1. The van der Waals surface area contributed by atoms with Gasteiger partial charge in [-0.25, -0.2) is 0 Å². The van der Waals surface area contributed by atoms with Crippen molar-refractivity contribution in [3.63, 3.8) is 0 Å². The van der Waals surface area contributed by atoms with Crippen LogP contribution in [-0.2, 0) is 4.79 Å². The van der Waals surface area contributed by atoms with Crippen LogP contribution in [-0.4, -0.2) is 22.5 Å². The molecule has 0 radical (unpaired) electrons. The molecule has 3 aliphatic rings. The van der Waals surface area contributed by atoms with Gasteiger partial charge >= 0.3 is 5.97 Å². The van der Waals surface area contributed by atoms with E-state index in [1.165, 1.54) is 0 Å². The minimum absolute atomic E-state index is 0.0160. The molecule has 1 heterocycles. The van der Waals surface area contributed by atoms with Crippen molar-refractivity contribution in [3.8, 4) is 5.75 Å². The second-order valence-electron chi connectivity index (χ2n) is 5.86. The van der Waals surface area contributed by atoms with Gasteiger partial charge in [0.15, 0.2) is 5.78 Å². The molecule has 0 amide bonds. The normalized spacial score (nSPS) is 38.5. The van der Waals surface area contributed by atoms with Crippen LogP contribution in [0.1, 0.15) is 29.6 Å². The lowest BCUT2D eigenvalue weighted by Crippen LogP contribution is -2.43. The van der Waals surface area contributed by atoms with Crippen molar-refractivity contribution in [2.75, 3.05) is 0 Å². The van der Waals surface area contributed by atoms with E-state index >= 15 is 0 Å². The minimum Gasteiger partial charge on any atom is -0.486 e. The second-order valence-corrected chi connectivity index (χ2v) is 5.86. The zero-order valence-electron chi connectivity index (χ0n) is 10.3. The number of carbonyl (C=O) groups excluding carboxylic acids is 1. The van der Waals surface area contributed by atoms with Gasteiger partial charge in [0.25, 0.3) is 0 Å². The van der Waals surface area contributed by atoms with Crippen molar-refractivity contribution >= 4 is 11.8 Å². The van der Waals surface area contributed by atoms with E-state index < -0.39 is 11.6 Å². The smallest absolute Gasteiger partial charge is 0.307 e. The summed E-state index contributed by atoms with van der Waals surface area (Å²) >= 11 is 0. The van der Waals surface area contributed by atoms with E-state index in [-0.39, 0.29) is 23.5 Å². The van der Waals surface area contributed by atoms with Crippen LogP contribution in [0.15, 0.2) is 24.3 Å². The van der Waals surface area contributed by atoms with E-state index in [1.807, 2.05) is 12.1 Å². The fourth-order valence-electron chi connectivity index (χ4n) is 4.10. The van der Waals surface area contributed by atoms with E-state index in [0.29, 0.717) is 17.7 Å². The zero-order valence-corrected chi connectivity index (χ0v) is 10.3. The summed E-state index contributed by atoms with van der Waals surface area (Å²) in [5.41, 5.74) is 0.0724. The largest absolute Gasteiger partial charge is 0.486 e. The number of rotatable bonds is 1. The topological polar surface area (TPSA) is 63.6 Å². The van der Waals surface area contributed by atoms with Gasteiger partial charge in [0.2, 0.25) is 0 Å². The highest BCUT2D eigenvalue weighted by molar-refractivity contribution is 6.00. The van der Waals surface area contributed by atoms with Gasteiger partial charge in [-0.3, -0.25) is 9.59 Å². The van der Waals surface area contributed by atoms with Crippen LogP contribution in [0, 0.1) is 17.8 Å². The summed E-state index contributed by atoms with van der Waals surface area (Å²) in [5, 5.41) is 9.19. The van der Waals surface area contributed by atoms with E-state index in [0.717, 1.165) is 12.8 Å². The Morgan fingerprint density at radius 3 is 2.89 bits per heavy atom. The number of ketones is 1. The predicted molar refractivity (Wildman–Crippen MR) is 66.1 cm³/mol. The van der Waals surface area contributed by atoms with Crippen molar-refractivity contribution in [2.45, 2.75) is 24.9 Å². The van der Waals surface area contributed by atoms with E-state index in [4.69, 9.17) is 4.74 Å². The Morgan fingerprint density at radius 1 is 1.37 bits per heavy atom. The van der Waals surface area contributed by atoms with Crippen LogP contribution in [0.2, 0.25) is 0 Å². The summed E-state index contributed by atoms with van der Waals surface area (Å²) in [6.45, 7) is 0. The molecule has 1 N–H and O–H groups in total. The number of hydrogen-bond donors (Lipinski definition) is 1. The van der Waals surface area contributed by atoms with Crippen LogP contribution in [0.25, 0.3) is 0 Å². The lowest BCUT2D eigenvalue weighted by molar-refractivity contribution is -0.140. The molecule has 1 spiro atoms. The molecule has 4 atom stereocenters. The molecular weight excluding hydrogens is 244 g/mol. The van der Waals surface area contributed by atoms with Gasteiger partial charge in [0, 0.05) is 5.92 Å². The van der Waals surface area contributed by atoms with Crippen LogP contribution >= 0.6 is 0 Å². The van der Waals surface area contributed by atoms with Gasteiger partial charge in [-0.05, 0) is 30.9 Å². The molecule has 4 rings (SSSR count). The lowest BCUT2D eigenvalue weighted by atomic mass is 9.84. The maximum atomic E-state index is 12.3. The summed E-state index contributed by atoms with van der Waals surface area (Å²) < 4.78 is 6.10. The van der Waals surface area contributed by atoms with Crippen molar-refractivity contribution < 1.29 is 19.4 Å². The lowest BCUT2D eigenvalue weighted by Gasteiger charge is -2.36. The number of carboxylic acid groups (broad SMARTS) is 1. The monoisotopic (exact) mass is 258 g/mol. The average Bonchev–Trinajstić information content (AvgIpc) is 3.04. The second kappa shape index (κ2) is 3.38. The van der Waals surface area contributed by atoms with E-state index in [1.54, 1.807) is 12.1 Å². The first kappa shape index (κ1) is 11.0. The number of hydrogen-bond acceptors (Lipinski definition) is 3. The number of carboxylic acids is 1. The fourth-order valence-corrected chi connectivity index (χ4v) is 4.10. The molecule has 4 nitrogen and oxygen atoms in total. The van der Waals surface area contributed by atoms with Gasteiger partial charge in [-0.2, -0.15) is 0 Å². The Balaban J connectivity index is 1.72. The Morgan fingerprint density at radius 2 is 2.16 bits per heavy atom. The number of Topliss-reactive ketones (excluding diaryl/α,β-unsaturated/α-hetero) is 1. The molecule has 0 unspecified atom stereocenters. The molecule has 0 bridgehead atoms. The highest BCUT2D eigenvalue weighted by Gasteiger charge is 2.70. The molecule has 1 aromatic rings. The quantitative estimate of drug-likeness (QED) is 0.838. The Labute approximate surface area is 110 Å². The Kier molecular flexibility index (Phi) is 1.96. The minimum atomic E-state index is -0.746. The number of carbonyl (C=O) groups is 2. The average molecular weight is 258 g/mol. The third-order valence-electron chi connectivity index (χ3n) is 4.92. The third kappa shape index (κ3) is 1.34. The summed E-state index contributed by atoms with van der Waals surface area (Å²) in [4.78, 5) is 23.4. The van der Waals surface area contributed by atoms with Crippen molar-refractivity contribution in [1.29, 1.82) is 0 Å². The zero-order chi connectivity index (χ0) is 13.2. The molecule has 98 valence electrons. The summed E-state index contributed by atoms with van der Waals surface area (Å²) in [5.74, 6) is -0.136. The van der Waals surface area contributed by atoms with Crippen LogP contribution in [0.5, 0.6) is 5.75 Å². The maximum absolute atomic E-state index is 12.3. The van der Waals surface area contributed by atoms with Gasteiger partial charge in [0.1, 0.15) is 11.4 Å². The van der Waals surface area contributed by atoms with E-state index in [9.17, 15) is 14.7 Å². The predicted octanol–water partition coefficient (Wildman–Crippen LogP) is 2.13. The number of benzene rings is 1. The van der Waals surface area contributed by atoms with Gasteiger partial charge in [0.05, 0.1) is 17.9 Å². The molecule has 2 fully saturated rings. The van der Waals surface area contributed by atoms with Crippen molar-refractivity contribution in [1.82, 2.24) is 0 Å². The van der Waals surface area contributed by atoms with Crippen LogP contribution < -0.4 is 4.74 Å². The number of fused-ring (bicyclic) bond motifs is 3. The first-order valence-corrected chi connectivity index (χ1v) is 6.66. The number of ether oxygens (including phenoxy) is 1. The maximum Gasteiger partial charge on any atom is 0.307 e. The van der Waals surface area contributed by atoms with Gasteiger partial charge < -0.3 is 9.84 Å². The SMILES string of the molecule is O=C1C[C@@]2(CC[C@@H]3[C@@H](C(=O)O)[C@@H]32)Oc2ccccc21. The first-order chi connectivity index (χ1) is 9.12. The fraction of sp³-hybridized carbons (Fsp3) is 0.467. The highest BCUT2D eigenvalue weighted by atomic mass is 16.5. The van der Waals surface area contributed by atoms with Gasteiger partial charge in [-0.1, -0.05) is 12.1 Å². The van der Waals surface area contributed by atoms with Crippen molar-refractivity contribution in [2.24, 2.45) is 17.8 Å². The highest BCUT2D eigenvalue weighted by Crippen LogP contribution is 2.65.